The summed E-state index contributed by atoms with van der Waals surface area (Å²) in [5, 5.41) is 11.3. The SMILES string of the molecule is CNc1nc(C#N)cc(OC)n1. The number of aromatic nitrogens is 2. The highest BCUT2D eigenvalue weighted by molar-refractivity contribution is 5.34. The monoisotopic (exact) mass is 164 g/mol. The highest BCUT2D eigenvalue weighted by Gasteiger charge is 2.01. The highest BCUT2D eigenvalue weighted by Crippen LogP contribution is 2.10. The van der Waals surface area contributed by atoms with E-state index in [4.69, 9.17) is 10.00 Å². The second-order valence-electron chi connectivity index (χ2n) is 1.98. The fraction of sp³-hybridized carbons (Fsp3) is 0.286. The maximum Gasteiger partial charge on any atom is 0.226 e. The quantitative estimate of drug-likeness (QED) is 0.685. The van der Waals surface area contributed by atoms with E-state index in [9.17, 15) is 0 Å². The van der Waals surface area contributed by atoms with Gasteiger partial charge < -0.3 is 10.1 Å². The molecule has 1 aromatic heterocycles. The van der Waals surface area contributed by atoms with E-state index in [-0.39, 0.29) is 5.69 Å². The van der Waals surface area contributed by atoms with Crippen molar-refractivity contribution in [1.82, 2.24) is 9.97 Å². The van der Waals surface area contributed by atoms with Gasteiger partial charge in [-0.15, -0.1) is 0 Å². The summed E-state index contributed by atoms with van der Waals surface area (Å²) in [7, 11) is 3.17. The van der Waals surface area contributed by atoms with E-state index in [0.29, 0.717) is 11.8 Å². The van der Waals surface area contributed by atoms with Crippen molar-refractivity contribution in [3.63, 3.8) is 0 Å². The van der Waals surface area contributed by atoms with Gasteiger partial charge in [0.25, 0.3) is 0 Å². The Balaban J connectivity index is 3.12. The molecule has 0 fully saturated rings. The van der Waals surface area contributed by atoms with Gasteiger partial charge >= 0.3 is 0 Å². The molecular formula is C7H8N4O. The number of ether oxygens (including phenoxy) is 1. The van der Waals surface area contributed by atoms with Crippen LogP contribution in [0.1, 0.15) is 5.69 Å². The number of nitrogens with zero attached hydrogens (tertiary/aromatic N) is 3. The lowest BCUT2D eigenvalue weighted by molar-refractivity contribution is 0.397. The van der Waals surface area contributed by atoms with Crippen LogP contribution < -0.4 is 10.1 Å². The lowest BCUT2D eigenvalue weighted by Crippen LogP contribution is -1.99. The first-order chi connectivity index (χ1) is 5.80. The van der Waals surface area contributed by atoms with Crippen LogP contribution >= 0.6 is 0 Å². The van der Waals surface area contributed by atoms with Gasteiger partial charge in [-0.1, -0.05) is 0 Å². The zero-order valence-electron chi connectivity index (χ0n) is 6.83. The van der Waals surface area contributed by atoms with E-state index in [1.807, 2.05) is 6.07 Å². The zero-order valence-corrected chi connectivity index (χ0v) is 6.83. The van der Waals surface area contributed by atoms with Gasteiger partial charge in [0.15, 0.2) is 0 Å². The van der Waals surface area contributed by atoms with Crippen molar-refractivity contribution in [2.24, 2.45) is 0 Å². The third-order valence-corrected chi connectivity index (χ3v) is 1.25. The lowest BCUT2D eigenvalue weighted by atomic mass is 10.4. The molecule has 1 heterocycles. The van der Waals surface area contributed by atoms with Gasteiger partial charge in [-0.3, -0.25) is 0 Å². The molecule has 0 aliphatic rings. The third-order valence-electron chi connectivity index (χ3n) is 1.25. The summed E-state index contributed by atoms with van der Waals surface area (Å²) >= 11 is 0. The van der Waals surface area contributed by atoms with Crippen molar-refractivity contribution in [3.05, 3.63) is 11.8 Å². The number of methoxy groups -OCH3 is 1. The van der Waals surface area contributed by atoms with Crippen LogP contribution in [0, 0.1) is 11.3 Å². The maximum absolute atomic E-state index is 8.55. The molecule has 1 aromatic rings. The van der Waals surface area contributed by atoms with Gasteiger partial charge in [-0.25, -0.2) is 4.98 Å². The molecule has 5 heteroatoms. The molecule has 1 N–H and O–H groups in total. The van der Waals surface area contributed by atoms with Crippen molar-refractivity contribution >= 4 is 5.95 Å². The van der Waals surface area contributed by atoms with Crippen molar-refractivity contribution in [2.75, 3.05) is 19.5 Å². The summed E-state index contributed by atoms with van der Waals surface area (Å²) in [6.45, 7) is 0. The molecule has 12 heavy (non-hydrogen) atoms. The first-order valence-electron chi connectivity index (χ1n) is 3.31. The van der Waals surface area contributed by atoms with E-state index >= 15 is 0 Å². The maximum atomic E-state index is 8.55. The Labute approximate surface area is 70.0 Å². The van der Waals surface area contributed by atoms with Crippen LogP contribution in [0.4, 0.5) is 5.95 Å². The van der Waals surface area contributed by atoms with E-state index in [1.54, 1.807) is 7.05 Å². The first kappa shape index (κ1) is 8.27. The number of hydrogen-bond donors (Lipinski definition) is 1. The van der Waals surface area contributed by atoms with Crippen LogP contribution in [-0.2, 0) is 0 Å². The van der Waals surface area contributed by atoms with E-state index in [2.05, 4.69) is 15.3 Å². The van der Waals surface area contributed by atoms with Crippen molar-refractivity contribution in [2.45, 2.75) is 0 Å². The first-order valence-corrected chi connectivity index (χ1v) is 3.31. The summed E-state index contributed by atoms with van der Waals surface area (Å²) < 4.78 is 4.86. The van der Waals surface area contributed by atoms with Crippen LogP contribution in [0.15, 0.2) is 6.07 Å². The van der Waals surface area contributed by atoms with Crippen LogP contribution in [-0.4, -0.2) is 24.1 Å². The Morgan fingerprint density at radius 2 is 2.33 bits per heavy atom. The van der Waals surface area contributed by atoms with Crippen LogP contribution in [0.2, 0.25) is 0 Å². The normalized spacial score (nSPS) is 8.75. The molecule has 0 atom stereocenters. The summed E-state index contributed by atoms with van der Waals surface area (Å²) in [4.78, 5) is 7.78. The molecule has 0 spiro atoms. The second kappa shape index (κ2) is 3.53. The summed E-state index contributed by atoms with van der Waals surface area (Å²) in [6.07, 6.45) is 0. The Kier molecular flexibility index (Phi) is 2.43. The van der Waals surface area contributed by atoms with Gasteiger partial charge in [0.1, 0.15) is 11.8 Å². The molecule has 0 amide bonds. The minimum atomic E-state index is 0.284. The molecule has 0 bridgehead atoms. The van der Waals surface area contributed by atoms with Gasteiger partial charge in [-0.05, 0) is 0 Å². The van der Waals surface area contributed by atoms with Crippen LogP contribution in [0.5, 0.6) is 5.88 Å². The predicted molar refractivity (Wildman–Crippen MR) is 42.8 cm³/mol. The Hall–Kier alpha value is -1.83. The van der Waals surface area contributed by atoms with Gasteiger partial charge in [-0.2, -0.15) is 10.2 Å². The second-order valence-corrected chi connectivity index (χ2v) is 1.98. The Morgan fingerprint density at radius 3 is 2.83 bits per heavy atom. The molecule has 0 saturated carbocycles. The number of rotatable bonds is 2. The molecule has 0 aromatic carbocycles. The van der Waals surface area contributed by atoms with Gasteiger partial charge in [0.05, 0.1) is 7.11 Å². The van der Waals surface area contributed by atoms with Crippen molar-refractivity contribution in [3.8, 4) is 11.9 Å². The molecular weight excluding hydrogens is 156 g/mol. The van der Waals surface area contributed by atoms with E-state index in [0.717, 1.165) is 0 Å². The number of nitriles is 1. The lowest BCUT2D eigenvalue weighted by Gasteiger charge is -2.01. The largest absolute Gasteiger partial charge is 0.481 e. The molecule has 1 rings (SSSR count). The molecule has 62 valence electrons. The molecule has 0 radical (unpaired) electrons. The number of hydrogen-bond acceptors (Lipinski definition) is 5. The Morgan fingerprint density at radius 1 is 1.58 bits per heavy atom. The molecule has 0 aliphatic heterocycles. The molecule has 0 aliphatic carbocycles. The average molecular weight is 164 g/mol. The molecule has 0 saturated heterocycles. The molecule has 5 nitrogen and oxygen atoms in total. The number of nitrogens with one attached hydrogen (secondary N) is 1. The highest BCUT2D eigenvalue weighted by atomic mass is 16.5. The summed E-state index contributed by atoms with van der Waals surface area (Å²) in [6, 6.07) is 3.38. The van der Waals surface area contributed by atoms with Gasteiger partial charge in [0, 0.05) is 13.1 Å². The third kappa shape index (κ3) is 1.61. The van der Waals surface area contributed by atoms with Gasteiger partial charge in [0.2, 0.25) is 11.8 Å². The van der Waals surface area contributed by atoms with Crippen molar-refractivity contribution in [1.29, 1.82) is 5.26 Å². The fourth-order valence-corrected chi connectivity index (χ4v) is 0.699. The minimum Gasteiger partial charge on any atom is -0.481 e. The smallest absolute Gasteiger partial charge is 0.226 e. The standard InChI is InChI=1S/C7H8N4O/c1-9-7-10-5(4-8)3-6(11-7)12-2/h3H,1-2H3,(H,9,10,11). The summed E-state index contributed by atoms with van der Waals surface area (Å²) in [5.41, 5.74) is 0.284. The number of anilines is 1. The van der Waals surface area contributed by atoms with Crippen LogP contribution in [0.25, 0.3) is 0 Å². The zero-order chi connectivity index (χ0) is 8.97. The fourth-order valence-electron chi connectivity index (χ4n) is 0.699. The topological polar surface area (TPSA) is 70.8 Å². The van der Waals surface area contributed by atoms with Crippen molar-refractivity contribution < 1.29 is 4.74 Å². The Bertz CT molecular complexity index is 295. The van der Waals surface area contributed by atoms with E-state index in [1.165, 1.54) is 13.2 Å². The predicted octanol–water partition coefficient (Wildman–Crippen LogP) is 0.399. The van der Waals surface area contributed by atoms with Crippen LogP contribution in [0.3, 0.4) is 0 Å². The molecule has 0 unspecified atom stereocenters. The average Bonchev–Trinajstić information content (AvgIpc) is 2.16. The summed E-state index contributed by atoms with van der Waals surface area (Å²) in [5.74, 6) is 0.761. The minimum absolute atomic E-state index is 0.284. The van der Waals surface area contributed by atoms with E-state index < -0.39 is 0 Å².